The minimum Gasteiger partial charge on any atom is -0.385 e. The van der Waals surface area contributed by atoms with Crippen molar-refractivity contribution < 1.29 is 4.74 Å². The summed E-state index contributed by atoms with van der Waals surface area (Å²) in [4.78, 5) is 13.5. The molecular weight excluding hydrogens is 495 g/mol. The fourth-order valence-electron chi connectivity index (χ4n) is 3.98. The van der Waals surface area contributed by atoms with Gasteiger partial charge in [-0.2, -0.15) is 5.10 Å². The molecule has 0 radical (unpaired) electrons. The topological polar surface area (TPSA) is 101 Å². The molecule has 0 spiro atoms. The highest BCUT2D eigenvalue weighted by Crippen LogP contribution is 2.41. The molecular formula is C20H35IN8O. The lowest BCUT2D eigenvalue weighted by atomic mass is 9.83. The van der Waals surface area contributed by atoms with Crippen molar-refractivity contribution in [2.45, 2.75) is 39.0 Å². The number of fused-ring (bicyclic) bond motifs is 1. The average molecular weight is 530 g/mol. The standard InChI is InChI=1S/C20H34N8O.HI/c1-4-21-19(24-14-20(9-12-29-3)7-5-6-8-20)23-11-10-22-17-16-13-27-28(2)18(16)26-15-25-17;/h13,15H,4-12,14H2,1-3H3,(H2,21,23,24)(H,22,25,26);1H. The fourth-order valence-corrected chi connectivity index (χ4v) is 3.98. The Labute approximate surface area is 195 Å². The van der Waals surface area contributed by atoms with E-state index in [1.165, 1.54) is 25.7 Å². The lowest BCUT2D eigenvalue weighted by molar-refractivity contribution is 0.141. The zero-order valence-electron chi connectivity index (χ0n) is 18.3. The molecule has 0 atom stereocenters. The first-order chi connectivity index (χ1) is 14.2. The molecule has 0 aliphatic heterocycles. The van der Waals surface area contributed by atoms with Crippen LogP contribution in [0.25, 0.3) is 11.0 Å². The Kier molecular flexibility index (Phi) is 10.0. The summed E-state index contributed by atoms with van der Waals surface area (Å²) >= 11 is 0. The second-order valence-electron chi connectivity index (χ2n) is 7.73. The molecule has 0 aromatic carbocycles. The third-order valence-corrected chi connectivity index (χ3v) is 5.66. The number of hydrogen-bond donors (Lipinski definition) is 3. The van der Waals surface area contributed by atoms with Crippen molar-refractivity contribution in [3.05, 3.63) is 12.5 Å². The Bertz CT molecular complexity index is 803. The van der Waals surface area contributed by atoms with Crippen molar-refractivity contribution >= 4 is 46.8 Å². The van der Waals surface area contributed by atoms with Gasteiger partial charge >= 0.3 is 0 Å². The smallest absolute Gasteiger partial charge is 0.191 e. The van der Waals surface area contributed by atoms with Crippen molar-refractivity contribution in [2.24, 2.45) is 17.5 Å². The molecule has 1 aliphatic rings. The number of rotatable bonds is 10. The largest absolute Gasteiger partial charge is 0.385 e. The maximum Gasteiger partial charge on any atom is 0.191 e. The second-order valence-corrected chi connectivity index (χ2v) is 7.73. The van der Waals surface area contributed by atoms with Gasteiger partial charge < -0.3 is 20.7 Å². The zero-order chi connectivity index (χ0) is 20.5. The van der Waals surface area contributed by atoms with Gasteiger partial charge in [0.1, 0.15) is 12.1 Å². The minimum atomic E-state index is 0. The third-order valence-electron chi connectivity index (χ3n) is 5.66. The fraction of sp³-hybridized carbons (Fsp3) is 0.700. The molecule has 1 saturated carbocycles. The molecule has 2 aromatic heterocycles. The maximum atomic E-state index is 5.33. The lowest BCUT2D eigenvalue weighted by Crippen LogP contribution is -2.40. The van der Waals surface area contributed by atoms with E-state index in [-0.39, 0.29) is 24.0 Å². The summed E-state index contributed by atoms with van der Waals surface area (Å²) in [5, 5.41) is 15.3. The van der Waals surface area contributed by atoms with Crippen molar-refractivity contribution in [3.63, 3.8) is 0 Å². The Hall–Kier alpha value is -1.69. The van der Waals surface area contributed by atoms with Crippen LogP contribution >= 0.6 is 24.0 Å². The number of nitrogens with zero attached hydrogens (tertiary/aromatic N) is 5. The number of hydrogen-bond acceptors (Lipinski definition) is 6. The molecule has 0 unspecified atom stereocenters. The number of methoxy groups -OCH3 is 1. The first-order valence-electron chi connectivity index (χ1n) is 10.6. The first kappa shape index (κ1) is 24.6. The van der Waals surface area contributed by atoms with Gasteiger partial charge in [-0.3, -0.25) is 9.67 Å². The first-order valence-corrected chi connectivity index (χ1v) is 10.6. The second kappa shape index (κ2) is 12.2. The molecule has 0 bridgehead atoms. The van der Waals surface area contributed by atoms with Crippen LogP contribution in [-0.2, 0) is 11.8 Å². The van der Waals surface area contributed by atoms with Crippen molar-refractivity contribution in [1.29, 1.82) is 0 Å². The Morgan fingerprint density at radius 1 is 1.23 bits per heavy atom. The van der Waals surface area contributed by atoms with Crippen LogP contribution in [0, 0.1) is 5.41 Å². The number of ether oxygens (including phenoxy) is 1. The summed E-state index contributed by atoms with van der Waals surface area (Å²) < 4.78 is 7.08. The predicted molar refractivity (Wildman–Crippen MR) is 132 cm³/mol. The highest BCUT2D eigenvalue weighted by molar-refractivity contribution is 14.0. The SMILES string of the molecule is CCNC(=NCC1(CCOC)CCCC1)NCCNc1ncnc2c1cnn2C.I. The molecule has 0 amide bonds. The molecule has 0 saturated heterocycles. The highest BCUT2D eigenvalue weighted by Gasteiger charge is 2.33. The van der Waals surface area contributed by atoms with Crippen LogP contribution in [0.2, 0.25) is 0 Å². The molecule has 168 valence electrons. The normalized spacial score (nSPS) is 15.8. The Balaban J connectivity index is 0.00000320. The van der Waals surface area contributed by atoms with Gasteiger partial charge in [-0.15, -0.1) is 24.0 Å². The van der Waals surface area contributed by atoms with E-state index in [4.69, 9.17) is 9.73 Å². The number of nitrogens with one attached hydrogen (secondary N) is 3. The van der Waals surface area contributed by atoms with E-state index in [1.54, 1.807) is 24.3 Å². The van der Waals surface area contributed by atoms with Crippen LogP contribution in [-0.4, -0.2) is 65.6 Å². The van der Waals surface area contributed by atoms with Gasteiger partial charge in [0.15, 0.2) is 11.6 Å². The third kappa shape index (κ3) is 6.40. The summed E-state index contributed by atoms with van der Waals surface area (Å²) in [5.74, 6) is 1.67. The molecule has 2 heterocycles. The van der Waals surface area contributed by atoms with E-state index in [2.05, 4.69) is 37.9 Å². The number of aryl methyl sites for hydroxylation is 1. The van der Waals surface area contributed by atoms with Gasteiger partial charge in [0.25, 0.3) is 0 Å². The van der Waals surface area contributed by atoms with E-state index < -0.39 is 0 Å². The van der Waals surface area contributed by atoms with Gasteiger partial charge in [0, 0.05) is 46.9 Å². The molecule has 2 aromatic rings. The maximum absolute atomic E-state index is 5.33. The van der Waals surface area contributed by atoms with Gasteiger partial charge in [-0.25, -0.2) is 9.97 Å². The molecule has 3 N–H and O–H groups in total. The number of anilines is 1. The predicted octanol–water partition coefficient (Wildman–Crippen LogP) is 2.55. The van der Waals surface area contributed by atoms with Gasteiger partial charge in [-0.05, 0) is 31.6 Å². The lowest BCUT2D eigenvalue weighted by Gasteiger charge is -2.27. The van der Waals surface area contributed by atoms with Gasteiger partial charge in [0.2, 0.25) is 0 Å². The van der Waals surface area contributed by atoms with E-state index in [0.717, 1.165) is 62.0 Å². The van der Waals surface area contributed by atoms with Gasteiger partial charge in [-0.1, -0.05) is 12.8 Å². The molecule has 3 rings (SSSR count). The summed E-state index contributed by atoms with van der Waals surface area (Å²) in [6, 6.07) is 0. The zero-order valence-corrected chi connectivity index (χ0v) is 20.6. The van der Waals surface area contributed by atoms with Crippen LogP contribution in [0.1, 0.15) is 39.0 Å². The summed E-state index contributed by atoms with van der Waals surface area (Å²) in [6.07, 6.45) is 9.53. The van der Waals surface area contributed by atoms with Gasteiger partial charge in [0.05, 0.1) is 11.6 Å². The van der Waals surface area contributed by atoms with Crippen molar-refractivity contribution in [3.8, 4) is 0 Å². The number of halogens is 1. The number of aromatic nitrogens is 4. The monoisotopic (exact) mass is 530 g/mol. The van der Waals surface area contributed by atoms with Crippen LogP contribution in [0.15, 0.2) is 17.5 Å². The van der Waals surface area contributed by atoms with E-state index in [9.17, 15) is 0 Å². The average Bonchev–Trinajstić information content (AvgIpc) is 3.36. The van der Waals surface area contributed by atoms with E-state index >= 15 is 0 Å². The molecule has 10 heteroatoms. The van der Waals surface area contributed by atoms with E-state index in [0.29, 0.717) is 5.41 Å². The number of aliphatic imine (C=N–C) groups is 1. The van der Waals surface area contributed by atoms with E-state index in [1.807, 2.05) is 7.05 Å². The minimum absolute atomic E-state index is 0. The van der Waals surface area contributed by atoms with Crippen LogP contribution in [0.5, 0.6) is 0 Å². The Morgan fingerprint density at radius 2 is 2.03 bits per heavy atom. The summed E-state index contributed by atoms with van der Waals surface area (Å²) in [5.41, 5.74) is 1.12. The van der Waals surface area contributed by atoms with Crippen LogP contribution in [0.3, 0.4) is 0 Å². The number of guanidine groups is 1. The quantitative estimate of drug-likeness (QED) is 0.188. The summed E-state index contributed by atoms with van der Waals surface area (Å²) in [6.45, 7) is 6.05. The van der Waals surface area contributed by atoms with Crippen molar-refractivity contribution in [1.82, 2.24) is 30.4 Å². The molecule has 30 heavy (non-hydrogen) atoms. The van der Waals surface area contributed by atoms with Crippen LogP contribution < -0.4 is 16.0 Å². The molecule has 9 nitrogen and oxygen atoms in total. The van der Waals surface area contributed by atoms with Crippen molar-refractivity contribution in [2.75, 3.05) is 45.2 Å². The Morgan fingerprint density at radius 3 is 2.77 bits per heavy atom. The summed E-state index contributed by atoms with van der Waals surface area (Å²) in [7, 11) is 3.66. The highest BCUT2D eigenvalue weighted by atomic mass is 127. The molecule has 1 aliphatic carbocycles. The molecule has 1 fully saturated rings. The van der Waals surface area contributed by atoms with Crippen LogP contribution in [0.4, 0.5) is 5.82 Å².